The Morgan fingerprint density at radius 2 is 2.12 bits per heavy atom. The second-order valence-electron chi connectivity index (χ2n) is 3.46. The molecule has 96 valence electrons. The van der Waals surface area contributed by atoms with Crippen LogP contribution in [0, 0.1) is 0 Å². The van der Waals surface area contributed by atoms with Crippen LogP contribution in [-0.4, -0.2) is 24.8 Å². The third-order valence-electron chi connectivity index (χ3n) is 2.16. The van der Waals surface area contributed by atoms with E-state index in [9.17, 15) is 13.2 Å². The Balaban J connectivity index is 2.90. The van der Waals surface area contributed by atoms with E-state index in [-0.39, 0.29) is 6.61 Å². The molecule has 17 heavy (non-hydrogen) atoms. The summed E-state index contributed by atoms with van der Waals surface area (Å²) in [5, 5.41) is 0. The fourth-order valence-corrected chi connectivity index (χ4v) is 1.28. The van der Waals surface area contributed by atoms with Crippen molar-refractivity contribution in [3.05, 3.63) is 23.9 Å². The minimum absolute atomic E-state index is 0.227. The molecule has 1 aromatic heterocycles. The molecule has 0 unspecified atom stereocenters. The van der Waals surface area contributed by atoms with Gasteiger partial charge in [-0.15, -0.1) is 0 Å². The van der Waals surface area contributed by atoms with Crippen molar-refractivity contribution in [2.24, 2.45) is 0 Å². The van der Waals surface area contributed by atoms with E-state index in [1.807, 2.05) is 0 Å². The van der Waals surface area contributed by atoms with Gasteiger partial charge in [0.1, 0.15) is 11.7 Å². The molecule has 0 fully saturated rings. The van der Waals surface area contributed by atoms with E-state index in [1.54, 1.807) is 6.92 Å². The van der Waals surface area contributed by atoms with Crippen molar-refractivity contribution in [2.45, 2.75) is 25.6 Å². The Bertz CT molecular complexity index is 355. The van der Waals surface area contributed by atoms with E-state index in [4.69, 9.17) is 9.47 Å². The summed E-state index contributed by atoms with van der Waals surface area (Å²) in [6.07, 6.45) is -3.09. The minimum atomic E-state index is -4.46. The second kappa shape index (κ2) is 5.86. The third-order valence-corrected chi connectivity index (χ3v) is 2.16. The van der Waals surface area contributed by atoms with Crippen LogP contribution in [0.4, 0.5) is 13.2 Å². The van der Waals surface area contributed by atoms with E-state index in [2.05, 4.69) is 4.98 Å². The van der Waals surface area contributed by atoms with Gasteiger partial charge in [0.2, 0.25) is 5.88 Å². The van der Waals surface area contributed by atoms with Gasteiger partial charge in [-0.2, -0.15) is 13.2 Å². The molecule has 1 rings (SSSR count). The van der Waals surface area contributed by atoms with Crippen LogP contribution in [0.2, 0.25) is 0 Å². The van der Waals surface area contributed by atoms with Gasteiger partial charge in [0.15, 0.2) is 0 Å². The maximum atomic E-state index is 12.6. The van der Waals surface area contributed by atoms with Crippen LogP contribution in [0.3, 0.4) is 0 Å². The first-order valence-corrected chi connectivity index (χ1v) is 5.16. The number of alkyl halides is 3. The molecule has 0 aromatic carbocycles. The number of nitrogens with zero attached hydrogens (tertiary/aromatic N) is 1. The Morgan fingerprint density at radius 1 is 1.41 bits per heavy atom. The number of aromatic nitrogens is 1. The number of hydrogen-bond acceptors (Lipinski definition) is 3. The van der Waals surface area contributed by atoms with Crippen molar-refractivity contribution in [1.82, 2.24) is 4.98 Å². The van der Waals surface area contributed by atoms with Crippen molar-refractivity contribution in [2.75, 3.05) is 13.7 Å². The smallest absolute Gasteiger partial charge is 0.421 e. The lowest BCUT2D eigenvalue weighted by Crippen LogP contribution is -2.23. The fraction of sp³-hybridized carbons (Fsp3) is 0.545. The zero-order valence-corrected chi connectivity index (χ0v) is 9.62. The summed E-state index contributed by atoms with van der Waals surface area (Å²) in [5.74, 6) is -0.399. The molecule has 0 spiro atoms. The van der Waals surface area contributed by atoms with Gasteiger partial charge < -0.3 is 9.47 Å². The first-order chi connectivity index (χ1) is 7.99. The minimum Gasteiger partial charge on any atom is -0.471 e. The van der Waals surface area contributed by atoms with Crippen LogP contribution in [-0.2, 0) is 10.9 Å². The molecule has 0 N–H and O–H groups in total. The third kappa shape index (κ3) is 3.89. The monoisotopic (exact) mass is 249 g/mol. The van der Waals surface area contributed by atoms with Gasteiger partial charge in [-0.25, -0.2) is 4.98 Å². The number of rotatable bonds is 5. The van der Waals surface area contributed by atoms with Gasteiger partial charge in [0.25, 0.3) is 0 Å². The van der Waals surface area contributed by atoms with E-state index < -0.39 is 23.7 Å². The van der Waals surface area contributed by atoms with Crippen LogP contribution < -0.4 is 4.74 Å². The molecule has 6 heteroatoms. The largest absolute Gasteiger partial charge is 0.471 e. The highest BCUT2D eigenvalue weighted by Gasteiger charge is 2.35. The fourth-order valence-electron chi connectivity index (χ4n) is 1.28. The van der Waals surface area contributed by atoms with Crippen LogP contribution in [0.15, 0.2) is 18.3 Å². The Kier molecular flexibility index (Phi) is 4.74. The van der Waals surface area contributed by atoms with Gasteiger partial charge in [-0.05, 0) is 18.6 Å². The highest BCUT2D eigenvalue weighted by molar-refractivity contribution is 5.28. The van der Waals surface area contributed by atoms with Crippen molar-refractivity contribution < 1.29 is 22.6 Å². The topological polar surface area (TPSA) is 31.4 Å². The van der Waals surface area contributed by atoms with Crippen LogP contribution in [0.5, 0.6) is 5.88 Å². The quantitative estimate of drug-likeness (QED) is 0.804. The van der Waals surface area contributed by atoms with Gasteiger partial charge >= 0.3 is 6.18 Å². The van der Waals surface area contributed by atoms with E-state index in [0.717, 1.165) is 6.07 Å². The average molecular weight is 249 g/mol. The highest BCUT2D eigenvalue weighted by Crippen LogP contribution is 2.35. The lowest BCUT2D eigenvalue weighted by Gasteiger charge is -2.18. The predicted molar refractivity (Wildman–Crippen MR) is 55.8 cm³/mol. The molecule has 1 aromatic rings. The van der Waals surface area contributed by atoms with Crippen LogP contribution in [0.25, 0.3) is 0 Å². The summed E-state index contributed by atoms with van der Waals surface area (Å²) in [6.45, 7) is 2.03. The van der Waals surface area contributed by atoms with E-state index in [1.165, 1.54) is 19.4 Å². The Labute approximate surface area is 97.6 Å². The first kappa shape index (κ1) is 13.8. The lowest BCUT2D eigenvalue weighted by atomic mass is 10.2. The molecule has 0 bridgehead atoms. The molecule has 0 saturated carbocycles. The molecule has 0 saturated heterocycles. The molecule has 0 aliphatic rings. The Hall–Kier alpha value is -1.30. The second-order valence-corrected chi connectivity index (χ2v) is 3.46. The SMILES string of the molecule is CC[C@H](COC)Oc1ncccc1C(F)(F)F. The van der Waals surface area contributed by atoms with Gasteiger partial charge in [0.05, 0.1) is 6.61 Å². The van der Waals surface area contributed by atoms with Crippen molar-refractivity contribution >= 4 is 0 Å². The number of pyridine rings is 1. The highest BCUT2D eigenvalue weighted by atomic mass is 19.4. The number of hydrogen-bond donors (Lipinski definition) is 0. The first-order valence-electron chi connectivity index (χ1n) is 5.16. The maximum Gasteiger partial charge on any atom is 0.421 e. The molecule has 0 radical (unpaired) electrons. The van der Waals surface area contributed by atoms with E-state index in [0.29, 0.717) is 6.42 Å². The summed E-state index contributed by atoms with van der Waals surface area (Å²) in [5.41, 5.74) is -0.866. The molecular formula is C11H14F3NO2. The van der Waals surface area contributed by atoms with Crippen molar-refractivity contribution in [1.29, 1.82) is 0 Å². The summed E-state index contributed by atoms with van der Waals surface area (Å²) in [4.78, 5) is 3.62. The molecule has 0 amide bonds. The standard InChI is InChI=1S/C11H14F3NO2/c1-3-8(7-16-2)17-10-9(11(12,13)14)5-4-6-15-10/h4-6,8H,3,7H2,1-2H3/t8-/m1/s1. The number of halogens is 3. The van der Waals surface area contributed by atoms with Crippen LogP contribution >= 0.6 is 0 Å². The molecule has 0 aliphatic carbocycles. The van der Waals surface area contributed by atoms with Gasteiger partial charge in [0, 0.05) is 13.3 Å². The summed E-state index contributed by atoms with van der Waals surface area (Å²) < 4.78 is 48.0. The number of methoxy groups -OCH3 is 1. The van der Waals surface area contributed by atoms with E-state index >= 15 is 0 Å². The van der Waals surface area contributed by atoms with Crippen LogP contribution in [0.1, 0.15) is 18.9 Å². The molecule has 1 atom stereocenters. The summed E-state index contributed by atoms with van der Waals surface area (Å²) in [6, 6.07) is 2.18. The zero-order valence-electron chi connectivity index (χ0n) is 9.62. The molecule has 1 heterocycles. The summed E-state index contributed by atoms with van der Waals surface area (Å²) in [7, 11) is 1.47. The molecule has 0 aliphatic heterocycles. The summed E-state index contributed by atoms with van der Waals surface area (Å²) >= 11 is 0. The normalized spacial score (nSPS) is 13.5. The van der Waals surface area contributed by atoms with Gasteiger partial charge in [-0.3, -0.25) is 0 Å². The zero-order chi connectivity index (χ0) is 12.9. The lowest BCUT2D eigenvalue weighted by molar-refractivity contribution is -0.139. The number of ether oxygens (including phenoxy) is 2. The van der Waals surface area contributed by atoms with Gasteiger partial charge in [-0.1, -0.05) is 6.92 Å². The predicted octanol–water partition coefficient (Wildman–Crippen LogP) is 2.90. The molecule has 3 nitrogen and oxygen atoms in total. The Morgan fingerprint density at radius 3 is 2.65 bits per heavy atom. The average Bonchev–Trinajstić information content (AvgIpc) is 2.27. The van der Waals surface area contributed by atoms with Crippen molar-refractivity contribution in [3.63, 3.8) is 0 Å². The maximum absolute atomic E-state index is 12.6. The molecular weight excluding hydrogens is 235 g/mol. The van der Waals surface area contributed by atoms with Crippen molar-refractivity contribution in [3.8, 4) is 5.88 Å².